The summed E-state index contributed by atoms with van der Waals surface area (Å²) in [5, 5.41) is 17.2. The molecule has 1 atom stereocenters. The molecule has 3 aromatic rings. The number of aryl methyl sites for hydroxylation is 2. The van der Waals surface area contributed by atoms with Crippen molar-refractivity contribution in [3.05, 3.63) is 70.9 Å². The quantitative estimate of drug-likeness (QED) is 0.282. The first kappa shape index (κ1) is 29.7. The van der Waals surface area contributed by atoms with Crippen LogP contribution in [0.4, 0.5) is 16.2 Å². The van der Waals surface area contributed by atoms with Crippen LogP contribution in [0.5, 0.6) is 5.75 Å². The van der Waals surface area contributed by atoms with E-state index >= 15 is 0 Å². The molecule has 0 spiro atoms. The van der Waals surface area contributed by atoms with Crippen molar-refractivity contribution in [2.45, 2.75) is 46.2 Å². The van der Waals surface area contributed by atoms with E-state index in [1.807, 2.05) is 19.1 Å². The van der Waals surface area contributed by atoms with Crippen molar-refractivity contribution < 1.29 is 33.4 Å². The maximum atomic E-state index is 12.9. The number of carbonyl (C=O) groups excluding carboxylic acids is 3. The van der Waals surface area contributed by atoms with Crippen LogP contribution in [-0.4, -0.2) is 59.0 Å². The molecule has 12 nitrogen and oxygen atoms in total. The van der Waals surface area contributed by atoms with Crippen molar-refractivity contribution in [3.63, 3.8) is 0 Å². The van der Waals surface area contributed by atoms with Gasteiger partial charge < -0.3 is 35.1 Å². The summed E-state index contributed by atoms with van der Waals surface area (Å²) in [5.41, 5.74) is 3.32. The highest BCUT2D eigenvalue weighted by atomic mass is 16.5. The van der Waals surface area contributed by atoms with Crippen molar-refractivity contribution >= 4 is 35.2 Å². The second kappa shape index (κ2) is 13.3. The smallest absolute Gasteiger partial charge is 0.326 e. The first-order chi connectivity index (χ1) is 18.9. The third-order valence-electron chi connectivity index (χ3n) is 5.98. The molecule has 212 valence electrons. The molecular formula is C28H33N5O7. The molecule has 0 aliphatic carbocycles. The van der Waals surface area contributed by atoms with Crippen LogP contribution < -0.4 is 20.7 Å². The number of rotatable bonds is 11. The van der Waals surface area contributed by atoms with E-state index in [1.165, 1.54) is 18.9 Å². The van der Waals surface area contributed by atoms with Crippen molar-refractivity contribution in [2.75, 3.05) is 24.8 Å². The molecule has 0 saturated heterocycles. The Morgan fingerprint density at radius 2 is 1.77 bits per heavy atom. The summed E-state index contributed by atoms with van der Waals surface area (Å²) in [6.45, 7) is 4.92. The Hall–Kier alpha value is -4.87. The lowest BCUT2D eigenvalue weighted by Crippen LogP contribution is -2.41. The molecule has 1 unspecified atom stereocenters. The van der Waals surface area contributed by atoms with Gasteiger partial charge in [0.1, 0.15) is 17.6 Å². The third kappa shape index (κ3) is 8.32. The van der Waals surface area contributed by atoms with Gasteiger partial charge in [-0.25, -0.2) is 14.6 Å². The maximum absolute atomic E-state index is 12.9. The molecule has 0 aliphatic heterocycles. The van der Waals surface area contributed by atoms with Gasteiger partial charge in [-0.2, -0.15) is 0 Å². The van der Waals surface area contributed by atoms with Gasteiger partial charge in [-0.1, -0.05) is 23.8 Å². The third-order valence-corrected chi connectivity index (χ3v) is 5.98. The molecule has 4 amide bonds. The molecule has 4 N–H and O–H groups in total. The van der Waals surface area contributed by atoms with Gasteiger partial charge in [-0.3, -0.25) is 9.59 Å². The van der Waals surface area contributed by atoms with Crippen molar-refractivity contribution in [3.8, 4) is 5.75 Å². The highest BCUT2D eigenvalue weighted by Crippen LogP contribution is 2.26. The van der Waals surface area contributed by atoms with Gasteiger partial charge in [-0.05, 0) is 43.7 Å². The van der Waals surface area contributed by atoms with E-state index in [1.54, 1.807) is 44.3 Å². The number of oxazole rings is 1. The molecule has 1 aromatic heterocycles. The first-order valence-corrected chi connectivity index (χ1v) is 12.5. The molecule has 40 heavy (non-hydrogen) atoms. The lowest BCUT2D eigenvalue weighted by molar-refractivity contribution is -0.141. The number of nitrogens with one attached hydrogen (secondary N) is 3. The SMILES string of the molecule is COc1cc(CC(=O)N(C)Cc2nc(C)c(CC(NC(C)=O)C(=O)O)o2)ccc1NC(=O)Nc1ccc(C)cc1. The molecule has 0 fully saturated rings. The number of benzene rings is 2. The number of aliphatic carboxylic acids is 1. The Morgan fingerprint density at radius 1 is 1.07 bits per heavy atom. The summed E-state index contributed by atoms with van der Waals surface area (Å²) < 4.78 is 11.1. The standard InChI is InChI=1S/C28H33N5O7/c1-16-6-9-20(10-7-16)31-28(38)32-21-11-8-19(12-24(21)39-5)13-26(35)33(4)15-25-29-17(2)23(40-25)14-22(27(36)37)30-18(3)34/h6-12,22H,13-15H2,1-5H3,(H,30,34)(H,36,37)(H2,31,32,38). The van der Waals surface area contributed by atoms with Crippen LogP contribution in [-0.2, 0) is 33.8 Å². The maximum Gasteiger partial charge on any atom is 0.326 e. The largest absolute Gasteiger partial charge is 0.495 e. The molecule has 0 saturated carbocycles. The normalized spacial score (nSPS) is 11.3. The number of amides is 4. The Balaban J connectivity index is 1.60. The minimum absolute atomic E-state index is 0.0544. The number of hydrogen-bond acceptors (Lipinski definition) is 7. The highest BCUT2D eigenvalue weighted by molar-refractivity contribution is 6.00. The summed E-state index contributed by atoms with van der Waals surface area (Å²) in [4.78, 5) is 53.8. The number of aromatic nitrogens is 1. The molecule has 0 aliphatic rings. The molecular weight excluding hydrogens is 518 g/mol. The number of urea groups is 1. The molecule has 1 heterocycles. The van der Waals surface area contributed by atoms with Crippen LogP contribution in [0.15, 0.2) is 46.9 Å². The number of carbonyl (C=O) groups is 4. The zero-order valence-corrected chi connectivity index (χ0v) is 23.0. The van der Waals surface area contributed by atoms with Gasteiger partial charge in [0.25, 0.3) is 0 Å². The van der Waals surface area contributed by atoms with Gasteiger partial charge >= 0.3 is 12.0 Å². The van der Waals surface area contributed by atoms with Crippen LogP contribution >= 0.6 is 0 Å². The Morgan fingerprint density at radius 3 is 2.40 bits per heavy atom. The first-order valence-electron chi connectivity index (χ1n) is 12.5. The number of nitrogens with zero attached hydrogens (tertiary/aromatic N) is 2. The number of carboxylic acids is 1. The van der Waals surface area contributed by atoms with E-state index in [4.69, 9.17) is 9.15 Å². The van der Waals surface area contributed by atoms with Gasteiger partial charge in [0.05, 0.1) is 31.5 Å². The zero-order chi connectivity index (χ0) is 29.4. The second-order valence-corrected chi connectivity index (χ2v) is 9.32. The molecule has 2 aromatic carbocycles. The molecule has 0 radical (unpaired) electrons. The van der Waals surface area contributed by atoms with E-state index in [-0.39, 0.29) is 31.2 Å². The minimum atomic E-state index is -1.19. The molecule has 3 rings (SSSR count). The van der Waals surface area contributed by atoms with Gasteiger partial charge in [0.15, 0.2) is 0 Å². The highest BCUT2D eigenvalue weighted by Gasteiger charge is 2.24. The van der Waals surface area contributed by atoms with E-state index in [0.29, 0.717) is 34.1 Å². The fourth-order valence-corrected chi connectivity index (χ4v) is 3.85. The lowest BCUT2D eigenvalue weighted by atomic mass is 10.1. The van der Waals surface area contributed by atoms with Crippen LogP contribution in [0.25, 0.3) is 0 Å². The zero-order valence-electron chi connectivity index (χ0n) is 23.0. The fourth-order valence-electron chi connectivity index (χ4n) is 3.85. The summed E-state index contributed by atoms with van der Waals surface area (Å²) in [6.07, 6.45) is -0.0203. The van der Waals surface area contributed by atoms with Crippen molar-refractivity contribution in [2.24, 2.45) is 0 Å². The summed E-state index contributed by atoms with van der Waals surface area (Å²) in [5.74, 6) is -0.932. The summed E-state index contributed by atoms with van der Waals surface area (Å²) >= 11 is 0. The number of hydrogen-bond donors (Lipinski definition) is 4. The monoisotopic (exact) mass is 551 g/mol. The number of carboxylic acid groups (broad SMARTS) is 1. The van der Waals surface area contributed by atoms with E-state index in [9.17, 15) is 24.3 Å². The number of methoxy groups -OCH3 is 1. The van der Waals surface area contributed by atoms with E-state index in [0.717, 1.165) is 5.56 Å². The van der Waals surface area contributed by atoms with Crippen LogP contribution in [0.2, 0.25) is 0 Å². The predicted octanol–water partition coefficient (Wildman–Crippen LogP) is 3.28. The fraction of sp³-hybridized carbons (Fsp3) is 0.321. The minimum Gasteiger partial charge on any atom is -0.495 e. The number of ether oxygens (including phenoxy) is 1. The average molecular weight is 552 g/mol. The topological polar surface area (TPSA) is 163 Å². The number of likely N-dealkylation sites (N-methyl/N-ethyl adjacent to an activating group) is 1. The average Bonchev–Trinajstić information content (AvgIpc) is 3.23. The Kier molecular flexibility index (Phi) is 9.85. The Bertz CT molecular complexity index is 1380. The molecule has 12 heteroatoms. The van der Waals surface area contributed by atoms with Crippen LogP contribution in [0, 0.1) is 13.8 Å². The Labute approximate surface area is 231 Å². The number of anilines is 2. The van der Waals surface area contributed by atoms with Gasteiger partial charge in [0, 0.05) is 26.1 Å². The van der Waals surface area contributed by atoms with Crippen LogP contribution in [0.3, 0.4) is 0 Å². The van der Waals surface area contributed by atoms with Gasteiger partial charge in [0.2, 0.25) is 17.7 Å². The molecule has 0 bridgehead atoms. The van der Waals surface area contributed by atoms with E-state index in [2.05, 4.69) is 20.9 Å². The van der Waals surface area contributed by atoms with Crippen molar-refractivity contribution in [1.82, 2.24) is 15.2 Å². The van der Waals surface area contributed by atoms with Crippen molar-refractivity contribution in [1.29, 1.82) is 0 Å². The van der Waals surface area contributed by atoms with Gasteiger partial charge in [-0.15, -0.1) is 0 Å². The summed E-state index contributed by atoms with van der Waals surface area (Å²) in [7, 11) is 3.07. The lowest BCUT2D eigenvalue weighted by Gasteiger charge is -2.16. The summed E-state index contributed by atoms with van der Waals surface area (Å²) in [6, 6.07) is 10.9. The second-order valence-electron chi connectivity index (χ2n) is 9.32. The van der Waals surface area contributed by atoms with Crippen LogP contribution in [0.1, 0.15) is 35.4 Å². The predicted molar refractivity (Wildman–Crippen MR) is 147 cm³/mol. The van der Waals surface area contributed by atoms with E-state index < -0.39 is 23.9 Å².